The van der Waals surface area contributed by atoms with Crippen LogP contribution in [0.1, 0.15) is 87.5 Å². The van der Waals surface area contributed by atoms with Crippen molar-refractivity contribution >= 4 is 23.5 Å². The van der Waals surface area contributed by atoms with Crippen LogP contribution >= 0.6 is 0 Å². The second-order valence-corrected chi connectivity index (χ2v) is 17.8. The number of methoxy groups -OCH3 is 1. The number of carbonyl (C=O) groups excluding carboxylic acids is 3. The molecule has 1 aromatic heterocycles. The second kappa shape index (κ2) is 19.4. The summed E-state index contributed by atoms with van der Waals surface area (Å²) >= 11 is 0. The van der Waals surface area contributed by atoms with Gasteiger partial charge in [0.25, 0.3) is 0 Å². The van der Waals surface area contributed by atoms with E-state index in [1.165, 1.54) is 6.92 Å². The first kappa shape index (κ1) is 46.4. The Kier molecular flexibility index (Phi) is 15.2. The zero-order chi connectivity index (χ0) is 43.4. The molecule has 3 saturated heterocycles. The Hall–Kier alpha value is -3.67. The van der Waals surface area contributed by atoms with Crippen LogP contribution in [-0.4, -0.2) is 142 Å². The van der Waals surface area contributed by atoms with Crippen LogP contribution in [0.15, 0.2) is 30.5 Å². The summed E-state index contributed by atoms with van der Waals surface area (Å²) in [5.74, 6) is -3.16. The van der Waals surface area contributed by atoms with Crippen LogP contribution in [0.5, 0.6) is 0 Å². The number of rotatable bonds is 11. The summed E-state index contributed by atoms with van der Waals surface area (Å²) < 4.78 is 33.3. The summed E-state index contributed by atoms with van der Waals surface area (Å²) in [6.07, 6.45) is 0.194. The van der Waals surface area contributed by atoms with Crippen molar-refractivity contribution in [1.29, 1.82) is 0 Å². The summed E-state index contributed by atoms with van der Waals surface area (Å²) in [5.41, 5.74) is 5.95. The molecule has 0 saturated carbocycles. The van der Waals surface area contributed by atoms with Gasteiger partial charge in [0, 0.05) is 49.5 Å². The highest BCUT2D eigenvalue weighted by atomic mass is 16.7. The van der Waals surface area contributed by atoms with Gasteiger partial charge in [-0.15, -0.1) is 5.10 Å². The van der Waals surface area contributed by atoms with E-state index in [1.54, 1.807) is 23.6 Å². The van der Waals surface area contributed by atoms with Crippen molar-refractivity contribution in [3.63, 3.8) is 0 Å². The number of nitrogens with zero attached hydrogens (tertiary/aromatic N) is 5. The summed E-state index contributed by atoms with van der Waals surface area (Å²) in [7, 11) is 5.39. The van der Waals surface area contributed by atoms with Gasteiger partial charge < -0.3 is 44.7 Å². The predicted molar refractivity (Wildman–Crippen MR) is 222 cm³/mol. The van der Waals surface area contributed by atoms with Gasteiger partial charge in [-0.2, -0.15) is 0 Å². The third-order valence-corrected chi connectivity index (χ3v) is 12.8. The third-order valence-electron chi connectivity index (χ3n) is 12.8. The minimum absolute atomic E-state index is 0.0125. The number of aromatic nitrogens is 3. The van der Waals surface area contributed by atoms with E-state index in [-0.39, 0.29) is 24.1 Å². The van der Waals surface area contributed by atoms with Crippen molar-refractivity contribution in [2.45, 2.75) is 154 Å². The largest absolute Gasteiger partial charge is 0.458 e. The zero-order valence-corrected chi connectivity index (χ0v) is 36.9. The number of aryl methyl sites for hydroxylation is 1. The highest BCUT2D eigenvalue weighted by Crippen LogP contribution is 2.40. The number of ketones is 1. The lowest BCUT2D eigenvalue weighted by Gasteiger charge is -2.46. The second-order valence-electron chi connectivity index (χ2n) is 17.8. The van der Waals surface area contributed by atoms with E-state index >= 15 is 0 Å². The number of amides is 1. The van der Waals surface area contributed by atoms with E-state index < -0.39 is 71.5 Å². The number of unbranched alkanes of at least 4 members (excludes halogenated alkanes) is 1. The number of hydrogen-bond acceptors (Lipinski definition) is 14. The van der Waals surface area contributed by atoms with Gasteiger partial charge in [-0.25, -0.2) is 4.79 Å². The van der Waals surface area contributed by atoms with Gasteiger partial charge in [0.2, 0.25) is 0 Å². The zero-order valence-electron chi connectivity index (χ0n) is 36.9. The molecule has 2 aromatic rings. The maximum absolute atomic E-state index is 14.4. The van der Waals surface area contributed by atoms with Gasteiger partial charge in [-0.05, 0) is 105 Å². The number of hydrogen-bond donors (Lipinski definition) is 3. The number of esters is 1. The number of Topliss-reactive ketones (excluding diaryl/α,β-unsaturated/α-hetero) is 1. The number of carbonyl (C=O) groups is 3. The van der Waals surface area contributed by atoms with Crippen LogP contribution in [-0.2, 0) is 39.8 Å². The average Bonchev–Trinajstić information content (AvgIpc) is 3.77. The number of ether oxygens (including phenoxy) is 5. The smallest absolute Gasteiger partial charge is 0.410 e. The molecular formula is C43H69N7O9. The highest BCUT2D eigenvalue weighted by Gasteiger charge is 2.58. The van der Waals surface area contributed by atoms with Crippen LogP contribution in [0, 0.1) is 17.8 Å². The van der Waals surface area contributed by atoms with Gasteiger partial charge >= 0.3 is 12.1 Å². The first-order valence-corrected chi connectivity index (χ1v) is 21.3. The van der Waals surface area contributed by atoms with Gasteiger partial charge in [0.1, 0.15) is 23.8 Å². The number of fused-ring (bicyclic) bond motifs is 1. The Morgan fingerprint density at radius 2 is 1.80 bits per heavy atom. The monoisotopic (exact) mass is 828 g/mol. The van der Waals surface area contributed by atoms with Crippen molar-refractivity contribution in [2.24, 2.45) is 17.8 Å². The lowest BCUT2D eigenvalue weighted by Crippen LogP contribution is -2.61. The SMILES string of the molecule is CC[C@H]1OC(=O)C(C)C(=O)[C@H](C)[C@@H](O[C@@H]2O[C@H](C)CC(N(C)C)[C@H]2O)[C@](C)(OC)C[C@@H](C)CN[C@H](C)[C@H]2N(CCCCn3cc(-c4cccc(N)c4)nn3)C(=O)O[C@]12C. The Morgan fingerprint density at radius 3 is 2.46 bits per heavy atom. The Morgan fingerprint density at radius 1 is 1.08 bits per heavy atom. The van der Waals surface area contributed by atoms with Crippen LogP contribution < -0.4 is 11.1 Å². The lowest BCUT2D eigenvalue weighted by atomic mass is 9.78. The Bertz CT molecular complexity index is 1740. The fourth-order valence-electron chi connectivity index (χ4n) is 9.45. The standard InChI is InChI=1S/C43H69N7O9/c1-12-34-43(8)37(50(41(54)59-43)19-14-13-18-49-24-32(46-47-49)30-16-15-17-31(44)21-30)29(6)45-23-25(2)22-42(7,55-11)38(27(4)35(51)28(5)39(53)57-34)58-40-36(52)33(48(9)10)20-26(3)56-40/h15-17,21,24-29,33-34,36-38,40,45,52H,12-14,18-20,22-23,44H2,1-11H3/t25-,26-,27+,28?,29-,33?,34-,36-,37-,38-,40+,42-,43-/m1/s1. The van der Waals surface area contributed by atoms with Crippen molar-refractivity contribution in [1.82, 2.24) is 30.1 Å². The number of likely N-dealkylation sites (N-methyl/N-ethyl adjacent to an activating group) is 1. The molecule has 3 aliphatic rings. The Labute approximate surface area is 349 Å². The molecule has 5 rings (SSSR count). The van der Waals surface area contributed by atoms with Crippen molar-refractivity contribution < 1.29 is 43.2 Å². The molecular weight excluding hydrogens is 759 g/mol. The number of aliphatic hydroxyl groups excluding tert-OH is 1. The number of cyclic esters (lactones) is 1. The topological polar surface area (TPSA) is 193 Å². The molecule has 0 bridgehead atoms. The summed E-state index contributed by atoms with van der Waals surface area (Å²) in [5, 5.41) is 23.7. The molecule has 1 aromatic carbocycles. The summed E-state index contributed by atoms with van der Waals surface area (Å²) in [6, 6.07) is 6.46. The molecule has 59 heavy (non-hydrogen) atoms. The molecule has 4 heterocycles. The number of nitrogen functional groups attached to an aromatic ring is 1. The highest BCUT2D eigenvalue weighted by molar-refractivity contribution is 6.00. The molecule has 13 atom stereocenters. The number of benzene rings is 1. The van der Waals surface area contributed by atoms with Crippen molar-refractivity contribution in [2.75, 3.05) is 40.0 Å². The summed E-state index contributed by atoms with van der Waals surface area (Å²) in [4.78, 5) is 45.9. The minimum atomic E-state index is -1.23. The molecule has 3 aliphatic heterocycles. The van der Waals surface area contributed by atoms with E-state index in [2.05, 4.69) is 22.6 Å². The van der Waals surface area contributed by atoms with E-state index in [0.29, 0.717) is 57.4 Å². The predicted octanol–water partition coefficient (Wildman–Crippen LogP) is 4.28. The number of anilines is 1. The molecule has 0 radical (unpaired) electrons. The lowest BCUT2D eigenvalue weighted by molar-refractivity contribution is -0.295. The fourth-order valence-corrected chi connectivity index (χ4v) is 9.45. The molecule has 0 spiro atoms. The van der Waals surface area contributed by atoms with Gasteiger partial charge in [0.05, 0.1) is 30.0 Å². The fraction of sp³-hybridized carbons (Fsp3) is 0.744. The molecule has 1 amide bonds. The van der Waals surface area contributed by atoms with Crippen LogP contribution in [0.4, 0.5) is 10.5 Å². The Balaban J connectivity index is 1.38. The average molecular weight is 828 g/mol. The molecule has 3 fully saturated rings. The van der Waals surface area contributed by atoms with Gasteiger partial charge in [-0.1, -0.05) is 38.1 Å². The third kappa shape index (κ3) is 10.3. The molecule has 2 unspecified atom stereocenters. The van der Waals surface area contributed by atoms with Gasteiger partial charge in [0.15, 0.2) is 17.7 Å². The van der Waals surface area contributed by atoms with Crippen LogP contribution in [0.2, 0.25) is 0 Å². The van der Waals surface area contributed by atoms with Crippen LogP contribution in [0.25, 0.3) is 11.3 Å². The summed E-state index contributed by atoms with van der Waals surface area (Å²) in [6.45, 7) is 16.4. The number of nitrogens with one attached hydrogen (secondary N) is 1. The molecule has 16 heteroatoms. The number of aliphatic hydroxyl groups is 1. The van der Waals surface area contributed by atoms with Crippen LogP contribution in [0.3, 0.4) is 0 Å². The van der Waals surface area contributed by atoms with Crippen molar-refractivity contribution in [3.8, 4) is 11.3 Å². The normalized spacial score (nSPS) is 36.5. The maximum Gasteiger partial charge on any atom is 0.410 e. The van der Waals surface area contributed by atoms with Gasteiger partial charge in [-0.3, -0.25) is 19.2 Å². The first-order valence-electron chi connectivity index (χ1n) is 21.3. The van der Waals surface area contributed by atoms with E-state index in [1.807, 2.05) is 84.1 Å². The quantitative estimate of drug-likeness (QED) is 0.126. The van der Waals surface area contributed by atoms with E-state index in [0.717, 1.165) is 11.3 Å². The number of nitrogens with two attached hydrogens (primary N) is 1. The maximum atomic E-state index is 14.4. The minimum Gasteiger partial charge on any atom is -0.458 e. The first-order chi connectivity index (χ1) is 27.8. The molecule has 0 aliphatic carbocycles. The van der Waals surface area contributed by atoms with E-state index in [4.69, 9.17) is 29.4 Å². The van der Waals surface area contributed by atoms with Crippen molar-refractivity contribution in [3.05, 3.63) is 30.5 Å². The molecule has 330 valence electrons. The van der Waals surface area contributed by atoms with E-state index in [9.17, 15) is 19.5 Å². The molecule has 4 N–H and O–H groups in total. The molecule has 16 nitrogen and oxygen atoms in total.